The lowest BCUT2D eigenvalue weighted by atomic mass is 10.1. The van der Waals surface area contributed by atoms with Gasteiger partial charge in [-0.1, -0.05) is 18.2 Å². The van der Waals surface area contributed by atoms with E-state index in [4.69, 9.17) is 0 Å². The Bertz CT molecular complexity index is 1090. The van der Waals surface area contributed by atoms with Crippen molar-refractivity contribution >= 4 is 34.1 Å². The van der Waals surface area contributed by atoms with Gasteiger partial charge >= 0.3 is 0 Å². The van der Waals surface area contributed by atoms with Gasteiger partial charge in [0.2, 0.25) is 5.91 Å². The van der Waals surface area contributed by atoms with E-state index in [9.17, 15) is 9.18 Å². The summed E-state index contributed by atoms with van der Waals surface area (Å²) in [6, 6.07) is 9.99. The monoisotopic (exact) mass is 410 g/mol. The van der Waals surface area contributed by atoms with Gasteiger partial charge in [-0.3, -0.25) is 4.79 Å². The highest BCUT2D eigenvalue weighted by Crippen LogP contribution is 2.20. The van der Waals surface area contributed by atoms with Gasteiger partial charge in [-0.15, -0.1) is 11.3 Å². The van der Waals surface area contributed by atoms with Gasteiger partial charge in [0.15, 0.2) is 5.65 Å². The fourth-order valence-electron chi connectivity index (χ4n) is 2.93. The zero-order valence-electron chi connectivity index (χ0n) is 15.5. The molecule has 0 unspecified atom stereocenters. The zero-order valence-corrected chi connectivity index (χ0v) is 16.3. The van der Waals surface area contributed by atoms with Crippen molar-refractivity contribution in [2.45, 2.75) is 19.5 Å². The van der Waals surface area contributed by atoms with E-state index in [1.807, 2.05) is 11.4 Å². The number of nitrogens with one attached hydrogen (secondary N) is 2. The predicted molar refractivity (Wildman–Crippen MR) is 110 cm³/mol. The number of hydrogen-bond acceptors (Lipinski definition) is 6. The average Bonchev–Trinajstić information content (AvgIpc) is 3.38. The number of benzene rings is 1. The van der Waals surface area contributed by atoms with Crippen molar-refractivity contribution in [2.24, 2.45) is 0 Å². The van der Waals surface area contributed by atoms with Gasteiger partial charge < -0.3 is 10.6 Å². The lowest BCUT2D eigenvalue weighted by Gasteiger charge is -2.07. The molecule has 0 radical (unpaired) electrons. The van der Waals surface area contributed by atoms with Crippen LogP contribution in [0.5, 0.6) is 0 Å². The Morgan fingerprint density at radius 1 is 1.17 bits per heavy atom. The van der Waals surface area contributed by atoms with Crippen LogP contribution in [0.1, 0.15) is 10.4 Å². The summed E-state index contributed by atoms with van der Waals surface area (Å²) in [6.45, 7) is 1.59. The van der Waals surface area contributed by atoms with Crippen LogP contribution in [0.15, 0.2) is 54.3 Å². The molecule has 4 aromatic rings. The number of aromatic nitrogens is 4. The van der Waals surface area contributed by atoms with Crippen LogP contribution in [0.3, 0.4) is 0 Å². The molecule has 3 aromatic heterocycles. The number of thiophene rings is 1. The molecule has 1 aromatic carbocycles. The normalized spacial score (nSPS) is 10.9. The zero-order chi connectivity index (χ0) is 20.1. The molecule has 0 aliphatic heterocycles. The Hall–Kier alpha value is -3.33. The number of carbonyl (C=O) groups excluding carboxylic acids is 1. The summed E-state index contributed by atoms with van der Waals surface area (Å²) in [5.41, 5.74) is 1.48. The fraction of sp³-hybridized carbons (Fsp3) is 0.200. The predicted octanol–water partition coefficient (Wildman–Crippen LogP) is 3.00. The number of carbonyl (C=O) groups is 1. The molecule has 3 heterocycles. The first-order chi connectivity index (χ1) is 14.2. The van der Waals surface area contributed by atoms with E-state index < -0.39 is 0 Å². The molecular weight excluding hydrogens is 391 g/mol. The highest BCUT2D eigenvalue weighted by Gasteiger charge is 2.10. The van der Waals surface area contributed by atoms with Crippen LogP contribution in [0.4, 0.5) is 10.2 Å². The van der Waals surface area contributed by atoms with Crippen molar-refractivity contribution in [3.63, 3.8) is 0 Å². The second-order valence-electron chi connectivity index (χ2n) is 6.41. The Morgan fingerprint density at radius 2 is 2.03 bits per heavy atom. The van der Waals surface area contributed by atoms with E-state index in [-0.39, 0.29) is 18.1 Å². The standard InChI is InChI=1S/C20H19FN6OS/c21-15-5-3-14(4-6-15)10-18(28)22-7-8-27-20-17(12-26-27)19(24-13-25-20)23-11-16-2-1-9-29-16/h1-6,9,12-13H,7-8,10-11H2,(H,22,28)(H,23,24,25). The summed E-state index contributed by atoms with van der Waals surface area (Å²) in [5, 5.41) is 13.4. The minimum Gasteiger partial charge on any atom is -0.364 e. The van der Waals surface area contributed by atoms with Crippen LogP contribution in [-0.2, 0) is 24.3 Å². The Kier molecular flexibility index (Phi) is 5.76. The third kappa shape index (κ3) is 4.75. The molecule has 0 aliphatic rings. The lowest BCUT2D eigenvalue weighted by molar-refractivity contribution is -0.120. The molecule has 0 spiro atoms. The molecule has 148 valence electrons. The molecule has 0 aliphatic carbocycles. The van der Waals surface area contributed by atoms with Crippen LogP contribution >= 0.6 is 11.3 Å². The number of rotatable bonds is 8. The summed E-state index contributed by atoms with van der Waals surface area (Å²) in [6.07, 6.45) is 3.44. The maximum Gasteiger partial charge on any atom is 0.224 e. The van der Waals surface area contributed by atoms with Crippen LogP contribution in [0.25, 0.3) is 11.0 Å². The Balaban J connectivity index is 1.34. The number of amides is 1. The van der Waals surface area contributed by atoms with Crippen LogP contribution < -0.4 is 10.6 Å². The SMILES string of the molecule is O=C(Cc1ccc(F)cc1)NCCn1ncc2c(NCc3cccs3)ncnc21. The minimum atomic E-state index is -0.314. The maximum absolute atomic E-state index is 12.9. The molecule has 0 fully saturated rings. The van der Waals surface area contributed by atoms with Gasteiger partial charge in [0.05, 0.1) is 31.1 Å². The summed E-state index contributed by atoms with van der Waals surface area (Å²) in [4.78, 5) is 21.9. The topological polar surface area (TPSA) is 84.7 Å². The largest absolute Gasteiger partial charge is 0.364 e. The molecule has 29 heavy (non-hydrogen) atoms. The molecule has 9 heteroatoms. The van der Waals surface area contributed by atoms with Crippen molar-refractivity contribution < 1.29 is 9.18 Å². The van der Waals surface area contributed by atoms with Crippen LogP contribution in [0.2, 0.25) is 0 Å². The van der Waals surface area contributed by atoms with E-state index in [1.165, 1.54) is 23.3 Å². The molecule has 0 atom stereocenters. The number of anilines is 1. The van der Waals surface area contributed by atoms with E-state index in [0.717, 1.165) is 16.8 Å². The minimum absolute atomic E-state index is 0.124. The van der Waals surface area contributed by atoms with E-state index in [1.54, 1.807) is 34.3 Å². The van der Waals surface area contributed by atoms with E-state index >= 15 is 0 Å². The van der Waals surface area contributed by atoms with Crippen molar-refractivity contribution in [3.05, 3.63) is 70.6 Å². The summed E-state index contributed by atoms with van der Waals surface area (Å²) in [5.74, 6) is 0.293. The van der Waals surface area contributed by atoms with E-state index in [2.05, 4.69) is 31.8 Å². The third-order valence-electron chi connectivity index (χ3n) is 4.37. The second-order valence-corrected chi connectivity index (χ2v) is 7.45. The molecule has 7 nitrogen and oxygen atoms in total. The fourth-order valence-corrected chi connectivity index (χ4v) is 3.58. The molecule has 0 saturated heterocycles. The highest BCUT2D eigenvalue weighted by molar-refractivity contribution is 7.09. The molecule has 2 N–H and O–H groups in total. The summed E-state index contributed by atoms with van der Waals surface area (Å²) in [7, 11) is 0. The van der Waals surface area contributed by atoms with Crippen LogP contribution in [-0.4, -0.2) is 32.2 Å². The van der Waals surface area contributed by atoms with Gasteiger partial charge in [0, 0.05) is 11.4 Å². The van der Waals surface area contributed by atoms with Gasteiger partial charge in [0.25, 0.3) is 0 Å². The van der Waals surface area contributed by atoms with Crippen molar-refractivity contribution in [1.29, 1.82) is 0 Å². The molecule has 4 rings (SSSR count). The number of fused-ring (bicyclic) bond motifs is 1. The Labute approximate surface area is 170 Å². The van der Waals surface area contributed by atoms with Gasteiger partial charge in [-0.05, 0) is 29.1 Å². The first kappa shape index (κ1) is 19.0. The summed E-state index contributed by atoms with van der Waals surface area (Å²) >= 11 is 1.68. The quantitative estimate of drug-likeness (QED) is 0.467. The maximum atomic E-state index is 12.9. The first-order valence-corrected chi connectivity index (χ1v) is 10.0. The first-order valence-electron chi connectivity index (χ1n) is 9.13. The number of nitrogens with zero attached hydrogens (tertiary/aromatic N) is 4. The molecule has 0 saturated carbocycles. The second kappa shape index (κ2) is 8.78. The molecular formula is C20H19FN6OS. The van der Waals surface area contributed by atoms with Crippen LogP contribution in [0, 0.1) is 5.82 Å². The smallest absolute Gasteiger partial charge is 0.224 e. The lowest BCUT2D eigenvalue weighted by Crippen LogP contribution is -2.28. The van der Waals surface area contributed by atoms with Crippen molar-refractivity contribution in [1.82, 2.24) is 25.1 Å². The number of hydrogen-bond donors (Lipinski definition) is 2. The summed E-state index contributed by atoms with van der Waals surface area (Å²) < 4.78 is 14.7. The third-order valence-corrected chi connectivity index (χ3v) is 5.24. The molecule has 1 amide bonds. The van der Waals surface area contributed by atoms with E-state index in [0.29, 0.717) is 25.3 Å². The van der Waals surface area contributed by atoms with Crippen molar-refractivity contribution in [3.8, 4) is 0 Å². The van der Waals surface area contributed by atoms with Gasteiger partial charge in [-0.2, -0.15) is 5.10 Å². The van der Waals surface area contributed by atoms with Gasteiger partial charge in [0.1, 0.15) is 18.0 Å². The molecule has 0 bridgehead atoms. The van der Waals surface area contributed by atoms with Crippen molar-refractivity contribution in [2.75, 3.05) is 11.9 Å². The Morgan fingerprint density at radius 3 is 2.83 bits per heavy atom. The highest BCUT2D eigenvalue weighted by atomic mass is 32.1. The number of halogens is 1. The van der Waals surface area contributed by atoms with Gasteiger partial charge in [-0.25, -0.2) is 19.0 Å². The average molecular weight is 410 g/mol.